The number of benzene rings is 1. The summed E-state index contributed by atoms with van der Waals surface area (Å²) in [5.41, 5.74) is 0.511. The second-order valence-electron chi connectivity index (χ2n) is 5.11. The number of carbonyl (C=O) groups excluding carboxylic acids is 1. The van der Waals surface area contributed by atoms with E-state index in [2.05, 4.69) is 48.9 Å². The van der Waals surface area contributed by atoms with E-state index in [1.807, 2.05) is 6.07 Å². The molecule has 0 spiro atoms. The molecule has 0 radical (unpaired) electrons. The maximum Gasteiger partial charge on any atom is 0.253 e. The summed E-state index contributed by atoms with van der Waals surface area (Å²) >= 11 is 9.40. The van der Waals surface area contributed by atoms with Crippen LogP contribution in [0.25, 0.3) is 0 Å². The first-order valence-electron chi connectivity index (χ1n) is 6.08. The molecule has 0 unspecified atom stereocenters. The normalized spacial score (nSPS) is 11.4. The molecule has 2 nitrogen and oxygen atoms in total. The van der Waals surface area contributed by atoms with Crippen molar-refractivity contribution in [2.24, 2.45) is 11.8 Å². The van der Waals surface area contributed by atoms with Gasteiger partial charge in [0.1, 0.15) is 0 Å². The predicted octanol–water partition coefficient (Wildman–Crippen LogP) is 4.51. The van der Waals surface area contributed by atoms with E-state index >= 15 is 0 Å². The van der Waals surface area contributed by atoms with Crippen molar-refractivity contribution in [3.8, 4) is 0 Å². The van der Waals surface area contributed by atoms with Gasteiger partial charge in [0.15, 0.2) is 0 Å². The monoisotopic (exact) mass is 331 g/mol. The maximum absolute atomic E-state index is 12.2. The zero-order valence-corrected chi connectivity index (χ0v) is 13.5. The maximum atomic E-state index is 12.2. The molecule has 0 heterocycles. The van der Waals surface area contributed by atoms with Crippen LogP contribution in [0.1, 0.15) is 38.1 Å². The molecule has 0 aliphatic rings. The van der Waals surface area contributed by atoms with Gasteiger partial charge in [-0.3, -0.25) is 4.79 Å². The van der Waals surface area contributed by atoms with Gasteiger partial charge in [0.2, 0.25) is 0 Å². The number of nitrogens with one attached hydrogen (secondary N) is 1. The van der Waals surface area contributed by atoms with Gasteiger partial charge in [0, 0.05) is 10.5 Å². The van der Waals surface area contributed by atoms with Crippen molar-refractivity contribution in [2.75, 3.05) is 0 Å². The van der Waals surface area contributed by atoms with E-state index in [1.54, 1.807) is 12.1 Å². The molecule has 1 N–H and O–H groups in total. The van der Waals surface area contributed by atoms with Crippen molar-refractivity contribution in [3.63, 3.8) is 0 Å². The highest BCUT2D eigenvalue weighted by Gasteiger charge is 2.21. The van der Waals surface area contributed by atoms with Gasteiger partial charge in [-0.25, -0.2) is 0 Å². The Hall–Kier alpha value is -0.540. The van der Waals surface area contributed by atoms with Crippen LogP contribution in [0, 0.1) is 11.8 Å². The van der Waals surface area contributed by atoms with Gasteiger partial charge < -0.3 is 5.32 Å². The quantitative estimate of drug-likeness (QED) is 0.863. The molecule has 0 saturated carbocycles. The largest absolute Gasteiger partial charge is 0.349 e. The molecule has 0 bridgehead atoms. The lowest BCUT2D eigenvalue weighted by Crippen LogP contribution is -2.42. The molecule has 0 atom stereocenters. The molecule has 1 aromatic rings. The number of hydrogen-bond acceptors (Lipinski definition) is 1. The van der Waals surface area contributed by atoms with E-state index in [9.17, 15) is 4.79 Å². The summed E-state index contributed by atoms with van der Waals surface area (Å²) in [6, 6.07) is 5.43. The average molecular weight is 333 g/mol. The van der Waals surface area contributed by atoms with Crippen molar-refractivity contribution in [1.82, 2.24) is 5.32 Å². The number of hydrogen-bond donors (Lipinski definition) is 1. The summed E-state index contributed by atoms with van der Waals surface area (Å²) in [5.74, 6) is 0.661. The molecular weight excluding hydrogens is 314 g/mol. The summed E-state index contributed by atoms with van der Waals surface area (Å²) in [6.07, 6.45) is 0. The van der Waals surface area contributed by atoms with Gasteiger partial charge >= 0.3 is 0 Å². The summed E-state index contributed by atoms with van der Waals surface area (Å²) in [7, 11) is 0. The Morgan fingerprint density at radius 2 is 1.78 bits per heavy atom. The molecule has 0 aliphatic carbocycles. The second kappa shape index (κ2) is 6.58. The minimum Gasteiger partial charge on any atom is -0.349 e. The lowest BCUT2D eigenvalue weighted by molar-refractivity contribution is 0.0910. The van der Waals surface area contributed by atoms with Crippen LogP contribution in [-0.4, -0.2) is 11.9 Å². The third-order valence-corrected chi connectivity index (χ3v) is 3.73. The molecule has 1 amide bonds. The Morgan fingerprint density at radius 3 is 2.28 bits per heavy atom. The van der Waals surface area contributed by atoms with Crippen LogP contribution >= 0.6 is 27.5 Å². The van der Waals surface area contributed by atoms with Crippen molar-refractivity contribution in [1.29, 1.82) is 0 Å². The fraction of sp³-hybridized carbons (Fsp3) is 0.500. The van der Waals surface area contributed by atoms with E-state index in [4.69, 9.17) is 11.6 Å². The van der Waals surface area contributed by atoms with E-state index < -0.39 is 0 Å². The molecule has 1 aromatic carbocycles. The van der Waals surface area contributed by atoms with Crippen molar-refractivity contribution >= 4 is 33.4 Å². The molecule has 1 rings (SSSR count). The van der Waals surface area contributed by atoms with Crippen molar-refractivity contribution in [3.05, 3.63) is 33.3 Å². The van der Waals surface area contributed by atoms with Gasteiger partial charge in [-0.1, -0.05) is 55.2 Å². The lowest BCUT2D eigenvalue weighted by atomic mass is 9.93. The molecule has 0 aromatic heterocycles. The summed E-state index contributed by atoms with van der Waals surface area (Å²) in [6.45, 7) is 8.42. The van der Waals surface area contributed by atoms with Gasteiger partial charge in [-0.05, 0) is 30.0 Å². The predicted molar refractivity (Wildman–Crippen MR) is 80.1 cm³/mol. The van der Waals surface area contributed by atoms with Crippen molar-refractivity contribution < 1.29 is 4.79 Å². The summed E-state index contributed by atoms with van der Waals surface area (Å²) in [5, 5.41) is 3.53. The zero-order chi connectivity index (χ0) is 13.9. The minimum absolute atomic E-state index is 0.117. The van der Waals surface area contributed by atoms with E-state index in [0.717, 1.165) is 4.47 Å². The Labute approximate surface area is 122 Å². The summed E-state index contributed by atoms with van der Waals surface area (Å²) in [4.78, 5) is 12.2. The van der Waals surface area contributed by atoms with Gasteiger partial charge in [0.25, 0.3) is 5.91 Å². The SMILES string of the molecule is CC(C)C(NC(=O)c1cc(Br)ccc1Cl)C(C)C. The Bertz CT molecular complexity index is 424. The van der Waals surface area contributed by atoms with Gasteiger partial charge in [0.05, 0.1) is 10.6 Å². The molecule has 0 saturated heterocycles. The first kappa shape index (κ1) is 15.5. The standard InChI is InChI=1S/C14H19BrClNO/c1-8(2)13(9(3)4)17-14(18)11-7-10(15)5-6-12(11)16/h5-9,13H,1-4H3,(H,17,18). The highest BCUT2D eigenvalue weighted by molar-refractivity contribution is 9.10. The first-order valence-corrected chi connectivity index (χ1v) is 7.26. The molecule has 4 heteroatoms. The van der Waals surface area contributed by atoms with Crippen molar-refractivity contribution in [2.45, 2.75) is 33.7 Å². The topological polar surface area (TPSA) is 29.1 Å². The molecule has 18 heavy (non-hydrogen) atoms. The highest BCUT2D eigenvalue weighted by atomic mass is 79.9. The van der Waals surface area contributed by atoms with Crippen LogP contribution in [0.4, 0.5) is 0 Å². The van der Waals surface area contributed by atoms with Crippen LogP contribution in [0.3, 0.4) is 0 Å². The van der Waals surface area contributed by atoms with Crippen LogP contribution in [0.15, 0.2) is 22.7 Å². The number of carbonyl (C=O) groups is 1. The third-order valence-electron chi connectivity index (χ3n) is 2.91. The molecule has 100 valence electrons. The summed E-state index contributed by atoms with van der Waals surface area (Å²) < 4.78 is 0.850. The Morgan fingerprint density at radius 1 is 1.22 bits per heavy atom. The smallest absolute Gasteiger partial charge is 0.253 e. The fourth-order valence-corrected chi connectivity index (χ4v) is 2.57. The van der Waals surface area contributed by atoms with Crippen LogP contribution in [0.5, 0.6) is 0 Å². The number of halogens is 2. The van der Waals surface area contributed by atoms with Gasteiger partial charge in [-0.15, -0.1) is 0 Å². The second-order valence-corrected chi connectivity index (χ2v) is 6.43. The Kier molecular flexibility index (Phi) is 5.67. The zero-order valence-electron chi connectivity index (χ0n) is 11.1. The van der Waals surface area contributed by atoms with E-state index in [-0.39, 0.29) is 11.9 Å². The first-order chi connectivity index (χ1) is 8.32. The minimum atomic E-state index is -0.117. The third kappa shape index (κ3) is 3.99. The highest BCUT2D eigenvalue weighted by Crippen LogP contribution is 2.22. The molecular formula is C14H19BrClNO. The lowest BCUT2D eigenvalue weighted by Gasteiger charge is -2.26. The average Bonchev–Trinajstić information content (AvgIpc) is 2.28. The van der Waals surface area contributed by atoms with E-state index in [1.165, 1.54) is 0 Å². The van der Waals surface area contributed by atoms with Crippen LogP contribution in [0.2, 0.25) is 5.02 Å². The molecule has 0 fully saturated rings. The Balaban J connectivity index is 2.90. The van der Waals surface area contributed by atoms with Gasteiger partial charge in [-0.2, -0.15) is 0 Å². The molecule has 0 aliphatic heterocycles. The van der Waals surface area contributed by atoms with Crippen LogP contribution < -0.4 is 5.32 Å². The van der Waals surface area contributed by atoms with E-state index in [0.29, 0.717) is 22.4 Å². The fourth-order valence-electron chi connectivity index (χ4n) is 2.00. The number of rotatable bonds is 4. The van der Waals surface area contributed by atoms with Crippen LogP contribution in [-0.2, 0) is 0 Å². The number of amides is 1.